The number of piperazine rings is 1. The standard InChI is InChI=1S/C24H31N3O2/c1-18(2)26(3)23(28)16-22-24(29)25-14-15-27(22)17-21(19-10-6-4-7-11-19)20-12-8-5-9-13-20/h4-13,18,21-22H,14-17H2,1-3H3,(H,25,29). The van der Waals surface area contributed by atoms with Crippen LogP contribution in [0.1, 0.15) is 37.3 Å². The van der Waals surface area contributed by atoms with E-state index >= 15 is 0 Å². The second-order valence-electron chi connectivity index (χ2n) is 7.98. The van der Waals surface area contributed by atoms with Crippen molar-refractivity contribution in [3.05, 3.63) is 71.8 Å². The Kier molecular flexibility index (Phi) is 7.04. The van der Waals surface area contributed by atoms with Crippen molar-refractivity contribution in [3.63, 3.8) is 0 Å². The Bertz CT molecular complexity index is 768. The van der Waals surface area contributed by atoms with E-state index in [2.05, 4.69) is 34.5 Å². The summed E-state index contributed by atoms with van der Waals surface area (Å²) in [5, 5.41) is 2.94. The molecular formula is C24H31N3O2. The lowest BCUT2D eigenvalue weighted by Crippen LogP contribution is -2.57. The molecule has 154 valence electrons. The molecule has 5 heteroatoms. The van der Waals surface area contributed by atoms with Gasteiger partial charge in [0.15, 0.2) is 0 Å². The third-order valence-corrected chi connectivity index (χ3v) is 5.80. The molecular weight excluding hydrogens is 362 g/mol. The summed E-state index contributed by atoms with van der Waals surface area (Å²) in [6, 6.07) is 20.4. The molecule has 3 rings (SSSR count). The second kappa shape index (κ2) is 9.70. The van der Waals surface area contributed by atoms with Crippen molar-refractivity contribution in [1.82, 2.24) is 15.1 Å². The topological polar surface area (TPSA) is 52.7 Å². The van der Waals surface area contributed by atoms with Gasteiger partial charge >= 0.3 is 0 Å². The fraction of sp³-hybridized carbons (Fsp3) is 0.417. The molecule has 1 N–H and O–H groups in total. The van der Waals surface area contributed by atoms with Crippen LogP contribution >= 0.6 is 0 Å². The van der Waals surface area contributed by atoms with E-state index in [0.717, 1.165) is 6.54 Å². The molecule has 0 spiro atoms. The minimum Gasteiger partial charge on any atom is -0.353 e. The molecule has 1 aliphatic rings. The van der Waals surface area contributed by atoms with Gasteiger partial charge in [0.25, 0.3) is 0 Å². The van der Waals surface area contributed by atoms with Gasteiger partial charge in [-0.05, 0) is 25.0 Å². The van der Waals surface area contributed by atoms with Gasteiger partial charge in [-0.1, -0.05) is 60.7 Å². The maximum atomic E-state index is 12.7. The number of benzene rings is 2. The number of rotatable bonds is 7. The lowest BCUT2D eigenvalue weighted by Gasteiger charge is -2.38. The van der Waals surface area contributed by atoms with Gasteiger partial charge in [0.1, 0.15) is 0 Å². The fourth-order valence-electron chi connectivity index (χ4n) is 3.81. The Hall–Kier alpha value is -2.66. The van der Waals surface area contributed by atoms with Crippen molar-refractivity contribution in [2.24, 2.45) is 0 Å². The van der Waals surface area contributed by atoms with Crippen molar-refractivity contribution < 1.29 is 9.59 Å². The van der Waals surface area contributed by atoms with E-state index in [1.807, 2.05) is 50.2 Å². The smallest absolute Gasteiger partial charge is 0.237 e. The molecule has 1 aliphatic heterocycles. The van der Waals surface area contributed by atoms with Crippen LogP contribution < -0.4 is 5.32 Å². The minimum absolute atomic E-state index is 0.00280. The van der Waals surface area contributed by atoms with Gasteiger partial charge in [-0.3, -0.25) is 14.5 Å². The van der Waals surface area contributed by atoms with Crippen molar-refractivity contribution in [1.29, 1.82) is 0 Å². The van der Waals surface area contributed by atoms with Gasteiger partial charge in [0.2, 0.25) is 11.8 Å². The monoisotopic (exact) mass is 393 g/mol. The van der Waals surface area contributed by atoms with Crippen LogP contribution in [0, 0.1) is 0 Å². The number of nitrogens with one attached hydrogen (secondary N) is 1. The molecule has 2 amide bonds. The molecule has 1 heterocycles. The fourth-order valence-corrected chi connectivity index (χ4v) is 3.81. The first-order chi connectivity index (χ1) is 14.0. The summed E-state index contributed by atoms with van der Waals surface area (Å²) >= 11 is 0. The number of hydrogen-bond acceptors (Lipinski definition) is 3. The Labute approximate surface area is 173 Å². The lowest BCUT2D eigenvalue weighted by molar-refractivity contribution is -0.139. The summed E-state index contributed by atoms with van der Waals surface area (Å²) in [6.45, 7) is 6.02. The highest BCUT2D eigenvalue weighted by Gasteiger charge is 2.34. The number of hydrogen-bond donors (Lipinski definition) is 1. The summed E-state index contributed by atoms with van der Waals surface area (Å²) < 4.78 is 0. The van der Waals surface area contributed by atoms with Crippen LogP contribution in [0.4, 0.5) is 0 Å². The van der Waals surface area contributed by atoms with Gasteiger partial charge in [-0.2, -0.15) is 0 Å². The van der Waals surface area contributed by atoms with Gasteiger partial charge in [-0.25, -0.2) is 0 Å². The molecule has 1 fully saturated rings. The molecule has 0 saturated carbocycles. The molecule has 2 aromatic carbocycles. The number of carbonyl (C=O) groups is 2. The van der Waals surface area contributed by atoms with E-state index in [4.69, 9.17) is 0 Å². The summed E-state index contributed by atoms with van der Waals surface area (Å²) in [5.74, 6) is 0.0911. The van der Waals surface area contributed by atoms with Crippen molar-refractivity contribution in [2.45, 2.75) is 38.3 Å². The van der Waals surface area contributed by atoms with E-state index in [-0.39, 0.29) is 30.2 Å². The minimum atomic E-state index is -0.438. The van der Waals surface area contributed by atoms with Crippen molar-refractivity contribution in [3.8, 4) is 0 Å². The molecule has 0 aromatic heterocycles. The van der Waals surface area contributed by atoms with E-state index in [0.29, 0.717) is 13.1 Å². The molecule has 5 nitrogen and oxygen atoms in total. The Morgan fingerprint density at radius 1 is 1.07 bits per heavy atom. The van der Waals surface area contributed by atoms with Crippen LogP contribution in [0.25, 0.3) is 0 Å². The average molecular weight is 394 g/mol. The predicted octanol–water partition coefficient (Wildman–Crippen LogP) is 2.88. The first-order valence-electron chi connectivity index (χ1n) is 10.3. The van der Waals surface area contributed by atoms with Crippen LogP contribution in [-0.4, -0.2) is 60.4 Å². The van der Waals surface area contributed by atoms with Crippen LogP contribution in [-0.2, 0) is 9.59 Å². The molecule has 29 heavy (non-hydrogen) atoms. The zero-order valence-corrected chi connectivity index (χ0v) is 17.5. The molecule has 1 atom stereocenters. The molecule has 1 saturated heterocycles. The normalized spacial score (nSPS) is 17.4. The number of carbonyl (C=O) groups excluding carboxylic acids is 2. The van der Waals surface area contributed by atoms with Crippen LogP contribution in [0.5, 0.6) is 0 Å². The van der Waals surface area contributed by atoms with Crippen molar-refractivity contribution in [2.75, 3.05) is 26.7 Å². The summed E-state index contributed by atoms with van der Waals surface area (Å²) in [6.07, 6.45) is 0.205. The van der Waals surface area contributed by atoms with E-state index in [9.17, 15) is 9.59 Å². The van der Waals surface area contributed by atoms with Crippen LogP contribution in [0.15, 0.2) is 60.7 Å². The molecule has 0 radical (unpaired) electrons. The van der Waals surface area contributed by atoms with Crippen molar-refractivity contribution >= 4 is 11.8 Å². The zero-order valence-electron chi connectivity index (χ0n) is 17.5. The highest BCUT2D eigenvalue weighted by molar-refractivity contribution is 5.88. The Balaban J connectivity index is 1.84. The van der Waals surface area contributed by atoms with Crippen LogP contribution in [0.2, 0.25) is 0 Å². The third kappa shape index (κ3) is 5.24. The van der Waals surface area contributed by atoms with Gasteiger partial charge < -0.3 is 10.2 Å². The van der Waals surface area contributed by atoms with E-state index < -0.39 is 6.04 Å². The number of nitrogens with zero attached hydrogens (tertiary/aromatic N) is 2. The molecule has 0 aliphatic carbocycles. The maximum absolute atomic E-state index is 12.7. The van der Waals surface area contributed by atoms with Crippen LogP contribution in [0.3, 0.4) is 0 Å². The van der Waals surface area contributed by atoms with E-state index in [1.54, 1.807) is 11.9 Å². The van der Waals surface area contributed by atoms with Gasteiger partial charge in [0.05, 0.1) is 12.5 Å². The lowest BCUT2D eigenvalue weighted by atomic mass is 9.90. The van der Waals surface area contributed by atoms with Gasteiger partial charge in [-0.15, -0.1) is 0 Å². The summed E-state index contributed by atoms with van der Waals surface area (Å²) in [5.41, 5.74) is 2.43. The summed E-state index contributed by atoms with van der Waals surface area (Å²) in [7, 11) is 1.80. The highest BCUT2D eigenvalue weighted by Crippen LogP contribution is 2.27. The number of amides is 2. The molecule has 1 unspecified atom stereocenters. The first kappa shape index (κ1) is 21.1. The Morgan fingerprint density at radius 2 is 1.62 bits per heavy atom. The highest BCUT2D eigenvalue weighted by atomic mass is 16.2. The molecule has 0 bridgehead atoms. The third-order valence-electron chi connectivity index (χ3n) is 5.80. The first-order valence-corrected chi connectivity index (χ1v) is 10.3. The summed E-state index contributed by atoms with van der Waals surface area (Å²) in [4.78, 5) is 29.2. The zero-order chi connectivity index (χ0) is 20.8. The Morgan fingerprint density at radius 3 is 2.14 bits per heavy atom. The largest absolute Gasteiger partial charge is 0.353 e. The average Bonchev–Trinajstić information content (AvgIpc) is 2.74. The maximum Gasteiger partial charge on any atom is 0.237 e. The SMILES string of the molecule is CC(C)N(C)C(=O)CC1C(=O)NCCN1CC(c1ccccc1)c1ccccc1. The second-order valence-corrected chi connectivity index (χ2v) is 7.98. The van der Waals surface area contributed by atoms with Gasteiger partial charge in [0, 0.05) is 38.6 Å². The predicted molar refractivity (Wildman–Crippen MR) is 116 cm³/mol. The van der Waals surface area contributed by atoms with E-state index in [1.165, 1.54) is 11.1 Å². The molecule has 2 aromatic rings. The quantitative estimate of drug-likeness (QED) is 0.787.